The number of nitrogens with zero attached hydrogens (tertiary/aromatic N) is 1. The molecule has 0 spiro atoms. The van der Waals surface area contributed by atoms with E-state index in [-0.39, 0.29) is 11.7 Å². The Balaban J connectivity index is 1.44. The van der Waals surface area contributed by atoms with Crippen LogP contribution in [0.5, 0.6) is 0 Å². The fourth-order valence-electron chi connectivity index (χ4n) is 2.49. The molecule has 0 unspecified atom stereocenters. The number of nitrogens with one attached hydrogen (secondary N) is 1. The van der Waals surface area contributed by atoms with Gasteiger partial charge in [-0.3, -0.25) is 4.79 Å². The molecule has 1 heterocycles. The number of hydrogen-bond acceptors (Lipinski definition) is 5. The zero-order chi connectivity index (χ0) is 19.9. The smallest absolute Gasteiger partial charge is 0.331 e. The lowest BCUT2D eigenvalue weighted by Gasteiger charge is -2.12. The number of amides is 1. The van der Waals surface area contributed by atoms with Crippen LogP contribution in [0.2, 0.25) is 0 Å². The molecule has 0 radical (unpaired) electrons. The van der Waals surface area contributed by atoms with Crippen LogP contribution in [0.25, 0.3) is 16.3 Å². The van der Waals surface area contributed by atoms with E-state index in [9.17, 15) is 14.0 Å². The number of fused-ring (bicyclic) bond motifs is 1. The molecule has 0 aliphatic rings. The van der Waals surface area contributed by atoms with Crippen LogP contribution in [0.4, 0.5) is 4.39 Å². The van der Waals surface area contributed by atoms with Crippen molar-refractivity contribution < 1.29 is 18.7 Å². The van der Waals surface area contributed by atoms with E-state index in [1.807, 2.05) is 24.3 Å². The van der Waals surface area contributed by atoms with E-state index in [0.29, 0.717) is 18.0 Å². The SMILES string of the molecule is C[C@@H](OC(=O)/C=C/c1nc2ccccc2s1)C(=O)NCCc1ccc(F)cc1. The summed E-state index contributed by atoms with van der Waals surface area (Å²) >= 11 is 1.47. The summed E-state index contributed by atoms with van der Waals surface area (Å²) in [5.74, 6) is -1.29. The van der Waals surface area contributed by atoms with Crippen LogP contribution in [0, 0.1) is 5.82 Å². The van der Waals surface area contributed by atoms with Gasteiger partial charge in [0.25, 0.3) is 5.91 Å². The Morgan fingerprint density at radius 2 is 1.96 bits per heavy atom. The maximum atomic E-state index is 12.9. The van der Waals surface area contributed by atoms with Crippen LogP contribution in [0.1, 0.15) is 17.5 Å². The lowest BCUT2D eigenvalue weighted by Crippen LogP contribution is -2.36. The molecular formula is C21H19FN2O3S. The summed E-state index contributed by atoms with van der Waals surface area (Å²) in [5.41, 5.74) is 1.78. The first-order chi connectivity index (χ1) is 13.5. The van der Waals surface area contributed by atoms with Crippen molar-refractivity contribution >= 4 is 39.5 Å². The number of ether oxygens (including phenoxy) is 1. The molecule has 2 aromatic carbocycles. The highest BCUT2D eigenvalue weighted by Gasteiger charge is 2.16. The second kappa shape index (κ2) is 9.23. The van der Waals surface area contributed by atoms with E-state index in [0.717, 1.165) is 15.8 Å². The molecule has 3 rings (SSSR count). The van der Waals surface area contributed by atoms with Gasteiger partial charge in [-0.25, -0.2) is 14.2 Å². The first kappa shape index (κ1) is 19.7. The summed E-state index contributed by atoms with van der Waals surface area (Å²) in [4.78, 5) is 28.4. The third-order valence-electron chi connectivity index (χ3n) is 3.96. The minimum atomic E-state index is -0.916. The molecule has 0 saturated carbocycles. The van der Waals surface area contributed by atoms with Crippen molar-refractivity contribution in [3.05, 3.63) is 71.0 Å². The Morgan fingerprint density at radius 1 is 1.21 bits per heavy atom. The predicted molar refractivity (Wildman–Crippen MR) is 107 cm³/mol. The van der Waals surface area contributed by atoms with Crippen molar-refractivity contribution in [2.75, 3.05) is 6.54 Å². The Hall–Kier alpha value is -3.06. The fraction of sp³-hybridized carbons (Fsp3) is 0.190. The third-order valence-corrected chi connectivity index (χ3v) is 4.96. The zero-order valence-electron chi connectivity index (χ0n) is 15.2. The highest BCUT2D eigenvalue weighted by molar-refractivity contribution is 7.19. The van der Waals surface area contributed by atoms with E-state index < -0.39 is 12.1 Å². The molecule has 0 bridgehead atoms. The number of para-hydroxylation sites is 1. The van der Waals surface area contributed by atoms with Crippen LogP contribution in [-0.2, 0) is 20.7 Å². The van der Waals surface area contributed by atoms with Gasteiger partial charge in [0.2, 0.25) is 0 Å². The number of rotatable bonds is 7. The van der Waals surface area contributed by atoms with Crippen molar-refractivity contribution in [1.29, 1.82) is 0 Å². The van der Waals surface area contributed by atoms with Crippen LogP contribution in [0.15, 0.2) is 54.6 Å². The molecule has 144 valence electrons. The van der Waals surface area contributed by atoms with Crippen LogP contribution < -0.4 is 5.32 Å². The van der Waals surface area contributed by atoms with Gasteiger partial charge in [-0.2, -0.15) is 0 Å². The summed E-state index contributed by atoms with van der Waals surface area (Å²) in [6.45, 7) is 1.88. The molecule has 5 nitrogen and oxygen atoms in total. The standard InChI is InChI=1S/C21H19FN2O3S/c1-14(21(26)23-13-12-15-6-8-16(22)9-7-15)27-20(25)11-10-19-24-17-4-2-3-5-18(17)28-19/h2-11,14H,12-13H2,1H3,(H,23,26)/b11-10+/t14-/m1/s1. The third kappa shape index (κ3) is 5.47. The fourth-order valence-corrected chi connectivity index (χ4v) is 3.36. The van der Waals surface area contributed by atoms with Crippen molar-refractivity contribution in [2.24, 2.45) is 0 Å². The number of hydrogen-bond donors (Lipinski definition) is 1. The summed E-state index contributed by atoms with van der Waals surface area (Å²) in [5, 5.41) is 3.39. The molecular weight excluding hydrogens is 379 g/mol. The van der Waals surface area contributed by atoms with E-state index >= 15 is 0 Å². The Bertz CT molecular complexity index is 965. The number of esters is 1. The molecule has 0 aliphatic heterocycles. The second-order valence-electron chi connectivity index (χ2n) is 6.10. The highest BCUT2D eigenvalue weighted by Crippen LogP contribution is 2.22. The minimum absolute atomic E-state index is 0.299. The summed E-state index contributed by atoms with van der Waals surface area (Å²) < 4.78 is 19.0. The largest absolute Gasteiger partial charge is 0.449 e. The lowest BCUT2D eigenvalue weighted by molar-refractivity contribution is -0.150. The van der Waals surface area contributed by atoms with Gasteiger partial charge < -0.3 is 10.1 Å². The van der Waals surface area contributed by atoms with Gasteiger partial charge in [0.1, 0.15) is 10.8 Å². The number of carbonyl (C=O) groups is 2. The summed E-state index contributed by atoms with van der Waals surface area (Å²) in [6, 6.07) is 13.8. The molecule has 3 aromatic rings. The molecule has 0 fully saturated rings. The van der Waals surface area contributed by atoms with Crippen molar-refractivity contribution in [3.8, 4) is 0 Å². The van der Waals surface area contributed by atoms with Gasteiger partial charge in [-0.1, -0.05) is 24.3 Å². The topological polar surface area (TPSA) is 68.3 Å². The monoisotopic (exact) mass is 398 g/mol. The predicted octanol–water partition coefficient (Wildman–Crippen LogP) is 3.74. The Kier molecular flexibility index (Phi) is 6.49. The first-order valence-electron chi connectivity index (χ1n) is 8.78. The summed E-state index contributed by atoms with van der Waals surface area (Å²) in [7, 11) is 0. The normalized spacial score (nSPS) is 12.2. The van der Waals surface area contributed by atoms with Crippen LogP contribution in [-0.4, -0.2) is 29.5 Å². The van der Waals surface area contributed by atoms with Crippen LogP contribution >= 0.6 is 11.3 Å². The molecule has 1 N–H and O–H groups in total. The van der Waals surface area contributed by atoms with Crippen LogP contribution in [0.3, 0.4) is 0 Å². The molecule has 0 saturated heterocycles. The number of halogens is 1. The van der Waals surface area contributed by atoms with Gasteiger partial charge in [0.05, 0.1) is 10.2 Å². The zero-order valence-corrected chi connectivity index (χ0v) is 16.0. The van der Waals surface area contributed by atoms with Gasteiger partial charge in [0.15, 0.2) is 6.10 Å². The van der Waals surface area contributed by atoms with Gasteiger partial charge in [0, 0.05) is 12.6 Å². The molecule has 1 aromatic heterocycles. The quantitative estimate of drug-likeness (QED) is 0.486. The maximum Gasteiger partial charge on any atom is 0.331 e. The van der Waals surface area contributed by atoms with Crippen molar-refractivity contribution in [2.45, 2.75) is 19.4 Å². The van der Waals surface area contributed by atoms with Crippen molar-refractivity contribution in [1.82, 2.24) is 10.3 Å². The number of benzene rings is 2. The highest BCUT2D eigenvalue weighted by atomic mass is 32.1. The Morgan fingerprint density at radius 3 is 2.71 bits per heavy atom. The molecule has 1 atom stereocenters. The van der Waals surface area contributed by atoms with E-state index in [1.165, 1.54) is 36.5 Å². The molecule has 28 heavy (non-hydrogen) atoms. The van der Waals surface area contributed by atoms with E-state index in [1.54, 1.807) is 18.2 Å². The number of aromatic nitrogens is 1. The Labute approximate surface area is 165 Å². The van der Waals surface area contributed by atoms with Gasteiger partial charge >= 0.3 is 5.97 Å². The first-order valence-corrected chi connectivity index (χ1v) is 9.59. The molecule has 0 aliphatic carbocycles. The minimum Gasteiger partial charge on any atom is -0.449 e. The van der Waals surface area contributed by atoms with Gasteiger partial charge in [-0.15, -0.1) is 11.3 Å². The lowest BCUT2D eigenvalue weighted by atomic mass is 10.1. The van der Waals surface area contributed by atoms with Gasteiger partial charge in [-0.05, 0) is 49.2 Å². The van der Waals surface area contributed by atoms with E-state index in [4.69, 9.17) is 4.74 Å². The average molecular weight is 398 g/mol. The van der Waals surface area contributed by atoms with E-state index in [2.05, 4.69) is 10.3 Å². The summed E-state index contributed by atoms with van der Waals surface area (Å²) in [6.07, 6.45) is 2.48. The average Bonchev–Trinajstić information content (AvgIpc) is 3.11. The van der Waals surface area contributed by atoms with Crippen molar-refractivity contribution in [3.63, 3.8) is 0 Å². The molecule has 1 amide bonds. The number of thiazole rings is 1. The molecule has 7 heteroatoms. The second-order valence-corrected chi connectivity index (χ2v) is 7.16. The maximum absolute atomic E-state index is 12.9. The number of carbonyl (C=O) groups excluding carboxylic acids is 2.